The molecule has 1 heterocycles. The van der Waals surface area contributed by atoms with Gasteiger partial charge in [-0.05, 0) is 30.2 Å². The van der Waals surface area contributed by atoms with Crippen molar-refractivity contribution in [2.24, 2.45) is 0 Å². The standard InChI is InChI=1S/C21H17NO6/c1-11-7-8-15-13(9-11)17(24)21(22-15,19(27)28-2)20(18(25)26)14-6-4-3-5-12(14)10-16(20)23/h3-9,22H,10H2,1-2H3,(H,25,26)/t20-,21+/m1/s1. The molecule has 28 heavy (non-hydrogen) atoms. The summed E-state index contributed by atoms with van der Waals surface area (Å²) in [5, 5.41) is 13.1. The molecule has 1 aliphatic heterocycles. The molecule has 0 amide bonds. The number of ketones is 2. The number of benzene rings is 2. The number of fused-ring (bicyclic) bond motifs is 2. The van der Waals surface area contributed by atoms with Gasteiger partial charge in [-0.15, -0.1) is 0 Å². The molecular formula is C21H17NO6. The molecule has 0 spiro atoms. The van der Waals surface area contributed by atoms with Crippen LogP contribution in [0.5, 0.6) is 0 Å². The summed E-state index contributed by atoms with van der Waals surface area (Å²) in [6, 6.07) is 11.2. The smallest absolute Gasteiger partial charge is 0.341 e. The van der Waals surface area contributed by atoms with E-state index in [4.69, 9.17) is 4.74 Å². The van der Waals surface area contributed by atoms with Gasteiger partial charge >= 0.3 is 11.9 Å². The van der Waals surface area contributed by atoms with Crippen LogP contribution in [0.3, 0.4) is 0 Å². The number of aryl methyl sites for hydroxylation is 1. The van der Waals surface area contributed by atoms with E-state index in [1.165, 1.54) is 6.07 Å². The van der Waals surface area contributed by atoms with Crippen molar-refractivity contribution in [3.05, 3.63) is 64.7 Å². The number of anilines is 1. The summed E-state index contributed by atoms with van der Waals surface area (Å²) in [6.45, 7) is 1.77. The van der Waals surface area contributed by atoms with Crippen molar-refractivity contribution >= 4 is 29.2 Å². The van der Waals surface area contributed by atoms with Crippen molar-refractivity contribution in [3.8, 4) is 0 Å². The molecule has 2 atom stereocenters. The van der Waals surface area contributed by atoms with Crippen molar-refractivity contribution in [3.63, 3.8) is 0 Å². The summed E-state index contributed by atoms with van der Waals surface area (Å²) >= 11 is 0. The first kappa shape index (κ1) is 17.9. The molecule has 0 fully saturated rings. The number of carbonyl (C=O) groups excluding carboxylic acids is 3. The van der Waals surface area contributed by atoms with Crippen LogP contribution in [0.25, 0.3) is 0 Å². The Morgan fingerprint density at radius 2 is 1.86 bits per heavy atom. The maximum Gasteiger partial charge on any atom is 0.341 e. The van der Waals surface area contributed by atoms with E-state index in [9.17, 15) is 24.3 Å². The van der Waals surface area contributed by atoms with Gasteiger partial charge in [0.2, 0.25) is 11.3 Å². The predicted octanol–water partition coefficient (Wildman–Crippen LogP) is 1.66. The normalized spacial score (nSPS) is 25.1. The summed E-state index contributed by atoms with van der Waals surface area (Å²) in [5.74, 6) is -4.21. The number of ether oxygens (including phenoxy) is 1. The highest BCUT2D eigenvalue weighted by molar-refractivity contribution is 6.34. The zero-order valence-corrected chi connectivity index (χ0v) is 15.2. The average molecular weight is 379 g/mol. The third kappa shape index (κ3) is 1.88. The van der Waals surface area contributed by atoms with E-state index in [1.807, 2.05) is 0 Å². The zero-order valence-electron chi connectivity index (χ0n) is 15.2. The largest absolute Gasteiger partial charge is 0.480 e. The Hall–Kier alpha value is -3.48. The summed E-state index contributed by atoms with van der Waals surface area (Å²) in [4.78, 5) is 52.4. The summed E-state index contributed by atoms with van der Waals surface area (Å²) in [5.41, 5.74) is -3.05. The Bertz CT molecular complexity index is 1070. The topological polar surface area (TPSA) is 110 Å². The fourth-order valence-electron chi connectivity index (χ4n) is 4.43. The zero-order chi connectivity index (χ0) is 20.3. The minimum Gasteiger partial charge on any atom is -0.480 e. The Labute approximate surface area is 160 Å². The third-order valence-corrected chi connectivity index (χ3v) is 5.65. The molecule has 2 aromatic carbocycles. The maximum absolute atomic E-state index is 13.5. The van der Waals surface area contributed by atoms with Gasteiger partial charge in [0.25, 0.3) is 0 Å². The minimum absolute atomic E-state index is 0.128. The van der Waals surface area contributed by atoms with Gasteiger partial charge in [-0.3, -0.25) is 14.4 Å². The van der Waals surface area contributed by atoms with Crippen LogP contribution in [0, 0.1) is 6.92 Å². The average Bonchev–Trinajstić information content (AvgIpc) is 3.13. The molecule has 142 valence electrons. The van der Waals surface area contributed by atoms with Gasteiger partial charge in [0, 0.05) is 17.7 Å². The second-order valence-corrected chi connectivity index (χ2v) is 7.06. The predicted molar refractivity (Wildman–Crippen MR) is 98.3 cm³/mol. The number of hydrogen-bond acceptors (Lipinski definition) is 6. The first-order valence-electron chi connectivity index (χ1n) is 8.67. The molecule has 1 aliphatic carbocycles. The van der Waals surface area contributed by atoms with Crippen LogP contribution in [-0.2, 0) is 31.0 Å². The molecule has 0 bridgehead atoms. The Morgan fingerprint density at radius 3 is 2.54 bits per heavy atom. The van der Waals surface area contributed by atoms with Crippen molar-refractivity contribution < 1.29 is 29.0 Å². The highest BCUT2D eigenvalue weighted by Crippen LogP contribution is 2.51. The second-order valence-electron chi connectivity index (χ2n) is 7.06. The van der Waals surface area contributed by atoms with Gasteiger partial charge in [0.1, 0.15) is 0 Å². The van der Waals surface area contributed by atoms with Gasteiger partial charge in [-0.1, -0.05) is 35.9 Å². The SMILES string of the molecule is COC(=O)[C@@]1([C@@]2(C(=O)O)C(=O)Cc3ccccc32)Nc2ccc(C)cc2C1=O. The third-order valence-electron chi connectivity index (χ3n) is 5.65. The lowest BCUT2D eigenvalue weighted by Gasteiger charge is -2.39. The molecule has 0 unspecified atom stereocenters. The number of nitrogens with one attached hydrogen (secondary N) is 1. The van der Waals surface area contributed by atoms with Crippen LogP contribution < -0.4 is 5.32 Å². The molecule has 0 radical (unpaired) electrons. The summed E-state index contributed by atoms with van der Waals surface area (Å²) in [7, 11) is 1.06. The summed E-state index contributed by atoms with van der Waals surface area (Å²) < 4.78 is 4.88. The summed E-state index contributed by atoms with van der Waals surface area (Å²) in [6.07, 6.45) is -0.189. The molecule has 7 heteroatoms. The number of Topliss-reactive ketones (excluding diaryl/α,β-unsaturated/α-hetero) is 2. The van der Waals surface area contributed by atoms with E-state index in [0.29, 0.717) is 11.3 Å². The number of carbonyl (C=O) groups is 4. The quantitative estimate of drug-likeness (QED) is 0.616. The number of carboxylic acid groups (broad SMARTS) is 1. The Kier molecular flexibility index (Phi) is 3.68. The maximum atomic E-state index is 13.5. The number of methoxy groups -OCH3 is 1. The van der Waals surface area contributed by atoms with Crippen LogP contribution in [0.15, 0.2) is 42.5 Å². The van der Waals surface area contributed by atoms with Gasteiger partial charge in [-0.2, -0.15) is 0 Å². The lowest BCUT2D eigenvalue weighted by atomic mass is 9.63. The molecule has 0 aromatic heterocycles. The molecule has 4 rings (SSSR count). The van der Waals surface area contributed by atoms with E-state index in [1.54, 1.807) is 43.3 Å². The highest BCUT2D eigenvalue weighted by Gasteiger charge is 2.75. The monoisotopic (exact) mass is 379 g/mol. The van der Waals surface area contributed by atoms with Gasteiger partial charge in [0.15, 0.2) is 11.2 Å². The lowest BCUT2D eigenvalue weighted by Crippen LogP contribution is -2.70. The Balaban J connectivity index is 2.10. The number of hydrogen-bond donors (Lipinski definition) is 2. The van der Waals surface area contributed by atoms with Crippen molar-refractivity contribution in [2.45, 2.75) is 24.3 Å². The number of rotatable bonds is 3. The number of carboxylic acids is 1. The van der Waals surface area contributed by atoms with Crippen LogP contribution in [0.1, 0.15) is 27.0 Å². The first-order chi connectivity index (χ1) is 13.3. The van der Waals surface area contributed by atoms with E-state index in [0.717, 1.165) is 12.7 Å². The lowest BCUT2D eigenvalue weighted by molar-refractivity contribution is -0.159. The van der Waals surface area contributed by atoms with Gasteiger partial charge in [-0.25, -0.2) is 4.79 Å². The van der Waals surface area contributed by atoms with Crippen molar-refractivity contribution in [1.29, 1.82) is 0 Å². The number of esters is 1. The van der Waals surface area contributed by atoms with Crippen LogP contribution in [-0.4, -0.2) is 41.3 Å². The van der Waals surface area contributed by atoms with E-state index < -0.39 is 34.5 Å². The van der Waals surface area contributed by atoms with Crippen molar-refractivity contribution in [1.82, 2.24) is 0 Å². The molecule has 0 saturated heterocycles. The van der Waals surface area contributed by atoms with Crippen LogP contribution in [0.2, 0.25) is 0 Å². The van der Waals surface area contributed by atoms with Gasteiger partial charge < -0.3 is 15.2 Å². The highest BCUT2D eigenvalue weighted by atomic mass is 16.5. The van der Waals surface area contributed by atoms with Crippen LogP contribution >= 0.6 is 0 Å². The molecule has 2 aromatic rings. The fraction of sp³-hybridized carbons (Fsp3) is 0.238. The van der Waals surface area contributed by atoms with E-state index in [-0.39, 0.29) is 17.5 Å². The fourth-order valence-corrected chi connectivity index (χ4v) is 4.43. The molecular weight excluding hydrogens is 362 g/mol. The molecule has 2 aliphatic rings. The molecule has 2 N–H and O–H groups in total. The van der Waals surface area contributed by atoms with Crippen LogP contribution in [0.4, 0.5) is 5.69 Å². The minimum atomic E-state index is -2.43. The van der Waals surface area contributed by atoms with E-state index >= 15 is 0 Å². The second kappa shape index (κ2) is 5.76. The number of aliphatic carboxylic acids is 1. The van der Waals surface area contributed by atoms with Gasteiger partial charge in [0.05, 0.1) is 7.11 Å². The van der Waals surface area contributed by atoms with Crippen molar-refractivity contribution in [2.75, 3.05) is 12.4 Å². The Morgan fingerprint density at radius 1 is 1.14 bits per heavy atom. The first-order valence-corrected chi connectivity index (χ1v) is 8.67. The molecule has 0 saturated carbocycles. The van der Waals surface area contributed by atoms with E-state index in [2.05, 4.69) is 5.32 Å². The molecule has 7 nitrogen and oxygen atoms in total.